The average Bonchev–Trinajstić information content (AvgIpc) is 2.90. The Bertz CT molecular complexity index is 990. The number of hydrogen-bond donors (Lipinski definition) is 0. The fraction of sp³-hybridized carbons (Fsp3) is 0.125. The molecule has 0 amide bonds. The van der Waals surface area contributed by atoms with E-state index in [1.165, 1.54) is 0 Å². The molecule has 0 spiro atoms. The maximum absolute atomic E-state index is 13.4. The number of hydrogen-bond acceptors (Lipinski definition) is 3. The number of benzene rings is 2. The highest BCUT2D eigenvalue weighted by Gasteiger charge is 2.34. The molecule has 3 aromatic rings. The van der Waals surface area contributed by atoms with E-state index in [-0.39, 0.29) is 15.6 Å². The minimum absolute atomic E-state index is 0.0172. The molecule has 0 aliphatic rings. The van der Waals surface area contributed by atoms with Crippen LogP contribution in [0.2, 0.25) is 5.02 Å². The highest BCUT2D eigenvalue weighted by atomic mass is 35.5. The van der Waals surface area contributed by atoms with Crippen molar-refractivity contribution in [3.8, 4) is 0 Å². The van der Waals surface area contributed by atoms with Gasteiger partial charge in [-0.2, -0.15) is 13.2 Å². The Hall–Kier alpha value is -1.68. The molecule has 3 nitrogen and oxygen atoms in total. The van der Waals surface area contributed by atoms with Crippen LogP contribution in [0.4, 0.5) is 22.6 Å². The number of anilines is 1. The van der Waals surface area contributed by atoms with Crippen LogP contribution in [0.15, 0.2) is 42.5 Å². The van der Waals surface area contributed by atoms with E-state index in [0.717, 1.165) is 26.4 Å². The topological polar surface area (TPSA) is 43.4 Å². The molecule has 1 heterocycles. The summed E-state index contributed by atoms with van der Waals surface area (Å²) < 4.78 is 76.9. The van der Waals surface area contributed by atoms with E-state index in [9.17, 15) is 26.3 Å². The maximum atomic E-state index is 13.4. The van der Waals surface area contributed by atoms with Crippen molar-refractivity contribution in [2.75, 3.05) is 4.31 Å². The third kappa shape index (κ3) is 3.71. The number of halogens is 5. The molecular weight excluding hydrogens is 414 g/mol. The van der Waals surface area contributed by atoms with Crippen molar-refractivity contribution >= 4 is 49.3 Å². The summed E-state index contributed by atoms with van der Waals surface area (Å²) >= 11 is 4.55. The first kappa shape index (κ1) is 19.1. The quantitative estimate of drug-likeness (QED) is 0.411. The molecule has 0 fully saturated rings. The summed E-state index contributed by atoms with van der Waals surface area (Å²) in [5, 5.41) is 1.01. The summed E-state index contributed by atoms with van der Waals surface area (Å²) in [5.74, 6) is -1.42. The SMILES string of the molecule is O=S([O-])N(Cc1ccc(F)c(C(F)(F)F)c1)c1sc2ccccc2c1Cl. The van der Waals surface area contributed by atoms with Crippen molar-refractivity contribution < 1.29 is 26.3 Å². The van der Waals surface area contributed by atoms with Crippen LogP contribution in [0.5, 0.6) is 0 Å². The molecule has 0 radical (unpaired) electrons. The van der Waals surface area contributed by atoms with Gasteiger partial charge in [0.05, 0.1) is 17.1 Å². The van der Waals surface area contributed by atoms with E-state index < -0.39 is 35.4 Å². The minimum atomic E-state index is -4.88. The van der Waals surface area contributed by atoms with Gasteiger partial charge in [0.15, 0.2) is 0 Å². The summed E-state index contributed by atoms with van der Waals surface area (Å²) in [6.07, 6.45) is -4.88. The largest absolute Gasteiger partial charge is 0.755 e. The number of alkyl halides is 3. The van der Waals surface area contributed by atoms with Gasteiger partial charge in [-0.1, -0.05) is 35.9 Å². The lowest BCUT2D eigenvalue weighted by molar-refractivity contribution is -0.140. The second kappa shape index (κ2) is 7.15. The lowest BCUT2D eigenvalue weighted by Gasteiger charge is -2.25. The molecule has 3 rings (SSSR count). The first-order valence-corrected chi connectivity index (χ1v) is 9.30. The van der Waals surface area contributed by atoms with Gasteiger partial charge >= 0.3 is 6.18 Å². The van der Waals surface area contributed by atoms with Crippen LogP contribution in [-0.4, -0.2) is 8.76 Å². The highest BCUT2D eigenvalue weighted by molar-refractivity contribution is 7.81. The normalized spacial score (nSPS) is 13.2. The van der Waals surface area contributed by atoms with Gasteiger partial charge in [0, 0.05) is 21.4 Å². The van der Waals surface area contributed by atoms with Gasteiger partial charge in [-0.15, -0.1) is 11.3 Å². The van der Waals surface area contributed by atoms with Crippen LogP contribution in [0, 0.1) is 5.82 Å². The Balaban J connectivity index is 2.02. The second-order valence-corrected chi connectivity index (χ2v) is 7.57. The van der Waals surface area contributed by atoms with Crippen molar-refractivity contribution in [3.63, 3.8) is 0 Å². The van der Waals surface area contributed by atoms with Crippen LogP contribution in [0.3, 0.4) is 0 Å². The Labute approximate surface area is 157 Å². The molecule has 0 N–H and O–H groups in total. The number of fused-ring (bicyclic) bond motifs is 1. The lowest BCUT2D eigenvalue weighted by atomic mass is 10.1. The van der Waals surface area contributed by atoms with Gasteiger partial charge in [-0.25, -0.2) is 4.39 Å². The minimum Gasteiger partial charge on any atom is -0.755 e. The van der Waals surface area contributed by atoms with E-state index in [4.69, 9.17) is 11.6 Å². The fourth-order valence-corrected chi connectivity index (χ4v) is 4.67. The van der Waals surface area contributed by atoms with Gasteiger partial charge in [0.1, 0.15) is 10.8 Å². The number of rotatable bonds is 4. The van der Waals surface area contributed by atoms with Gasteiger partial charge in [0.2, 0.25) is 0 Å². The standard InChI is InChI=1S/C16H10ClF4NO2S2/c17-14-10-3-1-2-4-13(10)25-15(14)22(26(23)24)8-9-5-6-12(18)11(7-9)16(19,20)21/h1-7H,8H2,(H,23,24)/p-1. The van der Waals surface area contributed by atoms with Gasteiger partial charge < -0.3 is 4.55 Å². The predicted octanol–water partition coefficient (Wildman–Crippen LogP) is 5.51. The van der Waals surface area contributed by atoms with Crippen molar-refractivity contribution in [2.24, 2.45) is 0 Å². The third-order valence-corrected chi connectivity index (χ3v) is 6.06. The fourth-order valence-electron chi connectivity index (χ4n) is 2.41. The van der Waals surface area contributed by atoms with Crippen molar-refractivity contribution in [1.29, 1.82) is 0 Å². The van der Waals surface area contributed by atoms with Crippen molar-refractivity contribution in [3.05, 3.63) is 64.4 Å². The van der Waals surface area contributed by atoms with Crippen molar-refractivity contribution in [2.45, 2.75) is 12.7 Å². The highest BCUT2D eigenvalue weighted by Crippen LogP contribution is 2.43. The Morgan fingerprint density at radius 1 is 1.19 bits per heavy atom. The van der Waals surface area contributed by atoms with Crippen molar-refractivity contribution in [1.82, 2.24) is 0 Å². The second-order valence-electron chi connectivity index (χ2n) is 5.28. The molecule has 0 aliphatic carbocycles. The third-order valence-electron chi connectivity index (χ3n) is 3.59. The van der Waals surface area contributed by atoms with E-state index in [0.29, 0.717) is 17.5 Å². The summed E-state index contributed by atoms with van der Waals surface area (Å²) in [5.41, 5.74) is -1.47. The molecule has 0 bridgehead atoms. The number of thiophene rings is 1. The average molecular weight is 423 g/mol. The molecule has 0 aliphatic heterocycles. The van der Waals surface area contributed by atoms with E-state index in [1.54, 1.807) is 24.3 Å². The smallest absolute Gasteiger partial charge is 0.419 e. The Kier molecular flexibility index (Phi) is 5.25. The van der Waals surface area contributed by atoms with Gasteiger partial charge in [0.25, 0.3) is 0 Å². The van der Waals surface area contributed by atoms with Crippen LogP contribution in [0.25, 0.3) is 10.1 Å². The molecule has 0 saturated heterocycles. The van der Waals surface area contributed by atoms with Crippen LogP contribution < -0.4 is 4.31 Å². The zero-order chi connectivity index (χ0) is 19.1. The monoisotopic (exact) mass is 422 g/mol. The molecule has 1 atom stereocenters. The van der Waals surface area contributed by atoms with E-state index >= 15 is 0 Å². The lowest BCUT2D eigenvalue weighted by Crippen LogP contribution is -2.24. The van der Waals surface area contributed by atoms with E-state index in [2.05, 4.69) is 0 Å². The van der Waals surface area contributed by atoms with Crippen LogP contribution in [0.1, 0.15) is 11.1 Å². The molecule has 1 aromatic heterocycles. The van der Waals surface area contributed by atoms with Gasteiger partial charge in [-0.05, 0) is 23.8 Å². The summed E-state index contributed by atoms with van der Waals surface area (Å²) in [6.45, 7) is -0.411. The number of nitrogens with zero attached hydrogens (tertiary/aromatic N) is 1. The molecule has 0 saturated carbocycles. The summed E-state index contributed by atoms with van der Waals surface area (Å²) in [4.78, 5) is 0. The first-order valence-electron chi connectivity index (χ1n) is 7.08. The molecule has 2 aromatic carbocycles. The molecule has 10 heteroatoms. The zero-order valence-corrected chi connectivity index (χ0v) is 15.1. The first-order chi connectivity index (χ1) is 12.2. The zero-order valence-electron chi connectivity index (χ0n) is 12.7. The molecule has 138 valence electrons. The maximum Gasteiger partial charge on any atom is 0.419 e. The summed E-state index contributed by atoms with van der Waals surface area (Å²) in [7, 11) is 0. The van der Waals surface area contributed by atoms with E-state index in [1.807, 2.05) is 0 Å². The van der Waals surface area contributed by atoms with Gasteiger partial charge in [-0.3, -0.25) is 8.51 Å². The molecular formula is C16H9ClF4NO2S2-. The molecule has 26 heavy (non-hydrogen) atoms. The van der Waals surface area contributed by atoms with Crippen LogP contribution >= 0.6 is 22.9 Å². The predicted molar refractivity (Wildman–Crippen MR) is 93.3 cm³/mol. The Morgan fingerprint density at radius 3 is 2.50 bits per heavy atom. The van der Waals surface area contributed by atoms with Crippen LogP contribution in [-0.2, 0) is 24.0 Å². The Morgan fingerprint density at radius 2 is 1.88 bits per heavy atom. The molecule has 1 unspecified atom stereocenters. The summed E-state index contributed by atoms with van der Waals surface area (Å²) in [6, 6.07) is 9.31.